The minimum absolute atomic E-state index is 0.0709. The monoisotopic (exact) mass is 396 g/mol. The van der Waals surface area contributed by atoms with Crippen LogP contribution in [-0.2, 0) is 20.7 Å². The molecule has 154 valence electrons. The van der Waals surface area contributed by atoms with Gasteiger partial charge in [-0.05, 0) is 57.6 Å². The number of carbonyl (C=O) groups is 1. The summed E-state index contributed by atoms with van der Waals surface area (Å²) in [5.41, 5.74) is 2.38. The number of nitrogens with one attached hydrogen (secondary N) is 1. The average molecular weight is 396 g/mol. The van der Waals surface area contributed by atoms with E-state index in [9.17, 15) is 4.79 Å². The Morgan fingerprint density at radius 3 is 2.66 bits per heavy atom. The van der Waals surface area contributed by atoms with Gasteiger partial charge < -0.3 is 15.0 Å². The molecule has 0 radical (unpaired) electrons. The molecule has 0 saturated heterocycles. The first kappa shape index (κ1) is 19.4. The van der Waals surface area contributed by atoms with Crippen LogP contribution in [-0.4, -0.2) is 56.5 Å². The second-order valence-corrected chi connectivity index (χ2v) is 8.04. The summed E-state index contributed by atoms with van der Waals surface area (Å²) in [5.74, 6) is 0.594. The van der Waals surface area contributed by atoms with E-state index in [0.29, 0.717) is 24.6 Å². The highest BCUT2D eigenvalue weighted by molar-refractivity contribution is 6.05. The summed E-state index contributed by atoms with van der Waals surface area (Å²) >= 11 is 0. The number of fused-ring (bicyclic) bond motifs is 1. The van der Waals surface area contributed by atoms with Gasteiger partial charge in [0.25, 0.3) is 5.91 Å². The normalized spacial score (nSPS) is 15.5. The minimum atomic E-state index is -0.105. The first-order chi connectivity index (χ1) is 13.9. The molecule has 1 aromatic carbocycles. The molecule has 1 amide bonds. The zero-order valence-corrected chi connectivity index (χ0v) is 17.5. The summed E-state index contributed by atoms with van der Waals surface area (Å²) in [5, 5.41) is 12.6. The topological polar surface area (TPSA) is 77.2 Å². The third-order valence-corrected chi connectivity index (χ3v) is 6.14. The van der Waals surface area contributed by atoms with Crippen LogP contribution in [0.3, 0.4) is 0 Å². The van der Waals surface area contributed by atoms with E-state index in [1.54, 1.807) is 22.6 Å². The van der Waals surface area contributed by atoms with Crippen LogP contribution >= 0.6 is 0 Å². The molecule has 0 aliphatic heterocycles. The van der Waals surface area contributed by atoms with E-state index < -0.39 is 0 Å². The van der Waals surface area contributed by atoms with Crippen molar-refractivity contribution in [1.82, 2.24) is 29.8 Å². The lowest BCUT2D eigenvalue weighted by Gasteiger charge is -2.47. The highest BCUT2D eigenvalue weighted by Gasteiger charge is 2.39. The van der Waals surface area contributed by atoms with Crippen LogP contribution in [0.1, 0.15) is 35.4 Å². The Kier molecular flexibility index (Phi) is 5.04. The fourth-order valence-electron chi connectivity index (χ4n) is 3.93. The number of aryl methyl sites for hydroxylation is 2. The van der Waals surface area contributed by atoms with Gasteiger partial charge in [0.2, 0.25) is 0 Å². The Labute approximate surface area is 170 Å². The van der Waals surface area contributed by atoms with Gasteiger partial charge in [0.15, 0.2) is 0 Å². The standard InChI is InChI=1S/C21H28N6O2/c1-25(2)21(9-5-10-21)14-22-20(28)19-17-12-16(6-7-18(17)24-27(19)4)29-13-15-8-11-23-26(15)3/h6-8,11-12H,5,9-10,13-14H2,1-4H3,(H,22,28). The van der Waals surface area contributed by atoms with Crippen molar-refractivity contribution in [2.24, 2.45) is 14.1 Å². The van der Waals surface area contributed by atoms with Crippen LogP contribution in [0.2, 0.25) is 0 Å². The quantitative estimate of drug-likeness (QED) is 0.662. The van der Waals surface area contributed by atoms with E-state index >= 15 is 0 Å². The van der Waals surface area contributed by atoms with E-state index in [1.165, 1.54) is 6.42 Å². The zero-order valence-electron chi connectivity index (χ0n) is 17.5. The maximum Gasteiger partial charge on any atom is 0.270 e. The number of likely N-dealkylation sites (N-methyl/N-ethyl adjacent to an activating group) is 1. The second kappa shape index (κ2) is 7.51. The average Bonchev–Trinajstić information content (AvgIpc) is 3.20. The molecule has 0 bridgehead atoms. The Bertz CT molecular complexity index is 1030. The van der Waals surface area contributed by atoms with Crippen molar-refractivity contribution in [2.45, 2.75) is 31.4 Å². The molecular weight excluding hydrogens is 368 g/mol. The fraction of sp³-hybridized carbons (Fsp3) is 0.476. The summed E-state index contributed by atoms with van der Waals surface area (Å²) in [6, 6.07) is 7.57. The van der Waals surface area contributed by atoms with Crippen molar-refractivity contribution in [3.63, 3.8) is 0 Å². The smallest absolute Gasteiger partial charge is 0.270 e. The van der Waals surface area contributed by atoms with Crippen LogP contribution in [0, 0.1) is 0 Å². The number of benzene rings is 1. The van der Waals surface area contributed by atoms with Crippen molar-refractivity contribution in [3.8, 4) is 5.75 Å². The van der Waals surface area contributed by atoms with Gasteiger partial charge in [0.05, 0.1) is 11.2 Å². The van der Waals surface area contributed by atoms with E-state index in [-0.39, 0.29) is 11.4 Å². The number of rotatable bonds is 7. The summed E-state index contributed by atoms with van der Waals surface area (Å²) in [6.07, 6.45) is 5.17. The predicted molar refractivity (Wildman–Crippen MR) is 111 cm³/mol. The van der Waals surface area contributed by atoms with E-state index in [1.807, 2.05) is 31.3 Å². The number of amides is 1. The fourth-order valence-corrected chi connectivity index (χ4v) is 3.93. The molecular formula is C21H28N6O2. The van der Waals surface area contributed by atoms with Gasteiger partial charge in [-0.25, -0.2) is 0 Å². The van der Waals surface area contributed by atoms with Gasteiger partial charge in [0.1, 0.15) is 18.1 Å². The molecule has 1 aliphatic carbocycles. The molecule has 1 fully saturated rings. The van der Waals surface area contributed by atoms with Gasteiger partial charge in [-0.3, -0.25) is 14.2 Å². The van der Waals surface area contributed by atoms with Crippen molar-refractivity contribution in [3.05, 3.63) is 41.9 Å². The maximum atomic E-state index is 13.0. The Morgan fingerprint density at radius 1 is 1.24 bits per heavy atom. The first-order valence-electron chi connectivity index (χ1n) is 9.92. The third kappa shape index (κ3) is 3.60. The second-order valence-electron chi connectivity index (χ2n) is 8.04. The lowest BCUT2D eigenvalue weighted by atomic mass is 9.75. The summed E-state index contributed by atoms with van der Waals surface area (Å²) in [6.45, 7) is 1.05. The summed E-state index contributed by atoms with van der Waals surface area (Å²) in [7, 11) is 7.84. The van der Waals surface area contributed by atoms with Crippen LogP contribution in [0.4, 0.5) is 0 Å². The SMILES string of the molecule is CN(C)C1(CNC(=O)c2c3cc(OCc4ccnn4C)ccc3nn2C)CCC1. The van der Waals surface area contributed by atoms with Crippen LogP contribution < -0.4 is 10.1 Å². The van der Waals surface area contributed by atoms with Gasteiger partial charge >= 0.3 is 0 Å². The molecule has 2 heterocycles. The Morgan fingerprint density at radius 2 is 2.03 bits per heavy atom. The maximum absolute atomic E-state index is 13.0. The summed E-state index contributed by atoms with van der Waals surface area (Å²) in [4.78, 5) is 15.2. The highest BCUT2D eigenvalue weighted by Crippen LogP contribution is 2.35. The molecule has 2 aromatic heterocycles. The zero-order chi connectivity index (χ0) is 20.6. The van der Waals surface area contributed by atoms with E-state index in [2.05, 4.69) is 34.5 Å². The Balaban J connectivity index is 1.53. The molecule has 4 rings (SSSR count). The van der Waals surface area contributed by atoms with Gasteiger partial charge in [-0.2, -0.15) is 10.2 Å². The van der Waals surface area contributed by atoms with Gasteiger partial charge in [-0.1, -0.05) is 0 Å². The molecule has 1 N–H and O–H groups in total. The van der Waals surface area contributed by atoms with Crippen molar-refractivity contribution >= 4 is 16.8 Å². The third-order valence-electron chi connectivity index (χ3n) is 6.14. The molecule has 3 aromatic rings. The number of aromatic nitrogens is 4. The predicted octanol–water partition coefficient (Wildman–Crippen LogP) is 2.10. The van der Waals surface area contributed by atoms with E-state index in [0.717, 1.165) is 29.4 Å². The molecule has 8 heteroatoms. The largest absolute Gasteiger partial charge is 0.487 e. The number of nitrogens with zero attached hydrogens (tertiary/aromatic N) is 5. The van der Waals surface area contributed by atoms with E-state index in [4.69, 9.17) is 4.74 Å². The molecule has 8 nitrogen and oxygen atoms in total. The lowest BCUT2D eigenvalue weighted by Crippen LogP contribution is -2.57. The van der Waals surface area contributed by atoms with Crippen LogP contribution in [0.15, 0.2) is 30.5 Å². The summed E-state index contributed by atoms with van der Waals surface area (Å²) < 4.78 is 9.35. The number of carbonyl (C=O) groups excluding carboxylic acids is 1. The van der Waals surface area contributed by atoms with Crippen LogP contribution in [0.5, 0.6) is 5.75 Å². The van der Waals surface area contributed by atoms with Crippen molar-refractivity contribution in [1.29, 1.82) is 0 Å². The first-order valence-corrected chi connectivity index (χ1v) is 9.92. The molecule has 1 saturated carbocycles. The number of ether oxygens (including phenoxy) is 1. The number of hydrogen-bond donors (Lipinski definition) is 1. The highest BCUT2D eigenvalue weighted by atomic mass is 16.5. The van der Waals surface area contributed by atoms with Gasteiger partial charge in [-0.15, -0.1) is 0 Å². The Hall–Kier alpha value is -2.87. The number of hydrogen-bond acceptors (Lipinski definition) is 5. The van der Waals surface area contributed by atoms with Crippen molar-refractivity contribution in [2.75, 3.05) is 20.6 Å². The molecule has 0 unspecified atom stereocenters. The molecule has 29 heavy (non-hydrogen) atoms. The molecule has 0 spiro atoms. The molecule has 0 atom stereocenters. The minimum Gasteiger partial charge on any atom is -0.487 e. The van der Waals surface area contributed by atoms with Crippen LogP contribution in [0.25, 0.3) is 10.9 Å². The van der Waals surface area contributed by atoms with Gasteiger partial charge in [0, 0.05) is 37.8 Å². The molecule has 1 aliphatic rings. The van der Waals surface area contributed by atoms with Crippen molar-refractivity contribution < 1.29 is 9.53 Å². The lowest BCUT2D eigenvalue weighted by molar-refractivity contribution is 0.0555.